The van der Waals surface area contributed by atoms with Crippen LogP contribution >= 0.6 is 15.9 Å². The second kappa shape index (κ2) is 5.14. The number of hydrogen-bond donors (Lipinski definition) is 1. The molecule has 0 saturated carbocycles. The Morgan fingerprint density at radius 2 is 2.46 bits per heavy atom. The van der Waals surface area contributed by atoms with Crippen molar-refractivity contribution in [3.05, 3.63) is 40.6 Å². The van der Waals surface area contributed by atoms with Gasteiger partial charge in [-0.2, -0.15) is 0 Å². The molecule has 0 atom stereocenters. The van der Waals surface area contributed by atoms with Crippen LogP contribution in [0.3, 0.4) is 0 Å². The minimum Gasteiger partial charge on any atom is -0.308 e. The van der Waals surface area contributed by atoms with E-state index in [-0.39, 0.29) is 0 Å². The molecular formula is C10H13BrN2. The summed E-state index contributed by atoms with van der Waals surface area (Å²) in [5, 5.41) is 3.26. The van der Waals surface area contributed by atoms with Gasteiger partial charge in [-0.15, -0.1) is 0 Å². The first kappa shape index (κ1) is 10.4. The standard InChI is InChI=1S/C10H13BrN2/c1-8-3-4-12-6-10(8)7-13-5-9(2)11/h3-4,6,13H,2,5,7H2,1H3. The molecule has 0 saturated heterocycles. The quantitative estimate of drug-likeness (QED) is 0.875. The zero-order valence-corrected chi connectivity index (χ0v) is 9.26. The Bertz CT molecular complexity index is 297. The fourth-order valence-corrected chi connectivity index (χ4v) is 1.21. The SMILES string of the molecule is C=C(Br)CNCc1cnccc1C. The van der Waals surface area contributed by atoms with E-state index in [0.29, 0.717) is 0 Å². The maximum Gasteiger partial charge on any atom is 0.0315 e. The van der Waals surface area contributed by atoms with Crippen LogP contribution in [0.4, 0.5) is 0 Å². The number of aryl methyl sites for hydroxylation is 1. The highest BCUT2D eigenvalue weighted by molar-refractivity contribution is 9.11. The van der Waals surface area contributed by atoms with Crippen molar-refractivity contribution in [2.45, 2.75) is 13.5 Å². The van der Waals surface area contributed by atoms with Gasteiger partial charge in [0, 0.05) is 30.0 Å². The van der Waals surface area contributed by atoms with Crippen LogP contribution < -0.4 is 5.32 Å². The molecule has 70 valence electrons. The van der Waals surface area contributed by atoms with Gasteiger partial charge < -0.3 is 5.32 Å². The van der Waals surface area contributed by atoms with E-state index in [1.54, 1.807) is 0 Å². The van der Waals surface area contributed by atoms with Crippen molar-refractivity contribution in [2.75, 3.05) is 6.54 Å². The summed E-state index contributed by atoms with van der Waals surface area (Å²) in [4.78, 5) is 4.07. The number of aromatic nitrogens is 1. The first-order chi connectivity index (χ1) is 6.20. The molecule has 0 aliphatic rings. The van der Waals surface area contributed by atoms with Crippen LogP contribution in [-0.2, 0) is 6.54 Å². The molecule has 0 aromatic carbocycles. The molecule has 1 aromatic heterocycles. The van der Waals surface area contributed by atoms with E-state index in [9.17, 15) is 0 Å². The summed E-state index contributed by atoms with van der Waals surface area (Å²) in [6.45, 7) is 7.46. The molecule has 0 bridgehead atoms. The van der Waals surface area contributed by atoms with Crippen LogP contribution in [-0.4, -0.2) is 11.5 Å². The maximum absolute atomic E-state index is 4.07. The van der Waals surface area contributed by atoms with Gasteiger partial charge in [0.25, 0.3) is 0 Å². The molecule has 0 fully saturated rings. The Labute approximate surface area is 87.2 Å². The number of rotatable bonds is 4. The van der Waals surface area contributed by atoms with Gasteiger partial charge in [-0.3, -0.25) is 4.98 Å². The Hall–Kier alpha value is -0.670. The summed E-state index contributed by atoms with van der Waals surface area (Å²) in [7, 11) is 0. The fourth-order valence-electron chi connectivity index (χ4n) is 1.01. The summed E-state index contributed by atoms with van der Waals surface area (Å²) >= 11 is 3.29. The third-order valence-electron chi connectivity index (χ3n) is 1.78. The Kier molecular flexibility index (Phi) is 4.12. The van der Waals surface area contributed by atoms with Crippen LogP contribution in [0.15, 0.2) is 29.5 Å². The molecule has 1 rings (SSSR count). The molecule has 1 heterocycles. The van der Waals surface area contributed by atoms with Crippen molar-refractivity contribution in [1.29, 1.82) is 0 Å². The van der Waals surface area contributed by atoms with Crippen molar-refractivity contribution in [2.24, 2.45) is 0 Å². The summed E-state index contributed by atoms with van der Waals surface area (Å²) in [5.41, 5.74) is 2.50. The Morgan fingerprint density at radius 1 is 1.69 bits per heavy atom. The van der Waals surface area contributed by atoms with Crippen LogP contribution in [0.25, 0.3) is 0 Å². The minimum atomic E-state index is 0.786. The summed E-state index contributed by atoms with van der Waals surface area (Å²) in [6, 6.07) is 2.01. The number of nitrogens with one attached hydrogen (secondary N) is 1. The van der Waals surface area contributed by atoms with Crippen LogP contribution in [0.1, 0.15) is 11.1 Å². The molecule has 0 unspecified atom stereocenters. The highest BCUT2D eigenvalue weighted by atomic mass is 79.9. The van der Waals surface area contributed by atoms with Crippen molar-refractivity contribution < 1.29 is 0 Å². The highest BCUT2D eigenvalue weighted by Gasteiger charge is 1.96. The van der Waals surface area contributed by atoms with E-state index >= 15 is 0 Å². The molecule has 1 N–H and O–H groups in total. The van der Waals surface area contributed by atoms with Gasteiger partial charge >= 0.3 is 0 Å². The van der Waals surface area contributed by atoms with Crippen LogP contribution in [0.2, 0.25) is 0 Å². The average Bonchev–Trinajstić information content (AvgIpc) is 2.08. The number of pyridine rings is 1. The maximum atomic E-state index is 4.07. The number of nitrogens with zero attached hydrogens (tertiary/aromatic N) is 1. The van der Waals surface area contributed by atoms with E-state index in [4.69, 9.17) is 0 Å². The summed E-state index contributed by atoms with van der Waals surface area (Å²) in [6.07, 6.45) is 3.70. The van der Waals surface area contributed by atoms with Crippen molar-refractivity contribution in [3.63, 3.8) is 0 Å². The number of halogens is 1. The lowest BCUT2D eigenvalue weighted by atomic mass is 10.2. The molecular weight excluding hydrogens is 228 g/mol. The molecule has 3 heteroatoms. The lowest BCUT2D eigenvalue weighted by molar-refractivity contribution is 0.750. The van der Waals surface area contributed by atoms with Crippen molar-refractivity contribution in [3.8, 4) is 0 Å². The van der Waals surface area contributed by atoms with Crippen molar-refractivity contribution in [1.82, 2.24) is 10.3 Å². The third-order valence-corrected chi connectivity index (χ3v) is 2.06. The lowest BCUT2D eigenvalue weighted by Crippen LogP contribution is -2.15. The largest absolute Gasteiger partial charge is 0.308 e. The van der Waals surface area contributed by atoms with Crippen LogP contribution in [0.5, 0.6) is 0 Å². The normalized spacial score (nSPS) is 10.0. The average molecular weight is 241 g/mol. The zero-order valence-electron chi connectivity index (χ0n) is 7.68. The van der Waals surface area contributed by atoms with Crippen molar-refractivity contribution >= 4 is 15.9 Å². The predicted octanol–water partition coefficient (Wildman–Crippen LogP) is 2.39. The van der Waals surface area contributed by atoms with Gasteiger partial charge in [-0.1, -0.05) is 22.5 Å². The molecule has 0 aliphatic carbocycles. The smallest absolute Gasteiger partial charge is 0.0315 e. The van der Waals surface area contributed by atoms with Gasteiger partial charge in [0.05, 0.1) is 0 Å². The topological polar surface area (TPSA) is 24.9 Å². The first-order valence-corrected chi connectivity index (χ1v) is 4.93. The predicted molar refractivity (Wildman–Crippen MR) is 58.7 cm³/mol. The van der Waals surface area contributed by atoms with E-state index in [2.05, 4.69) is 39.7 Å². The van der Waals surface area contributed by atoms with E-state index < -0.39 is 0 Å². The zero-order chi connectivity index (χ0) is 9.68. The molecule has 0 spiro atoms. The first-order valence-electron chi connectivity index (χ1n) is 4.13. The molecule has 13 heavy (non-hydrogen) atoms. The van der Waals surface area contributed by atoms with Gasteiger partial charge in [-0.25, -0.2) is 0 Å². The van der Waals surface area contributed by atoms with Crippen LogP contribution in [0, 0.1) is 6.92 Å². The molecule has 1 aromatic rings. The fraction of sp³-hybridized carbons (Fsp3) is 0.300. The van der Waals surface area contributed by atoms with Gasteiger partial charge in [-0.05, 0) is 24.1 Å². The lowest BCUT2D eigenvalue weighted by Gasteiger charge is -2.05. The highest BCUT2D eigenvalue weighted by Crippen LogP contribution is 2.04. The second-order valence-electron chi connectivity index (χ2n) is 2.92. The molecule has 0 radical (unpaired) electrons. The summed E-state index contributed by atoms with van der Waals surface area (Å²) in [5.74, 6) is 0. The number of hydrogen-bond acceptors (Lipinski definition) is 2. The molecule has 0 amide bonds. The molecule has 2 nitrogen and oxygen atoms in total. The van der Waals surface area contributed by atoms with E-state index in [1.807, 2.05) is 18.5 Å². The Balaban J connectivity index is 2.45. The van der Waals surface area contributed by atoms with Gasteiger partial charge in [0.2, 0.25) is 0 Å². The van der Waals surface area contributed by atoms with E-state index in [0.717, 1.165) is 17.6 Å². The Morgan fingerprint density at radius 3 is 3.08 bits per heavy atom. The van der Waals surface area contributed by atoms with E-state index in [1.165, 1.54) is 11.1 Å². The van der Waals surface area contributed by atoms with Gasteiger partial charge in [0.1, 0.15) is 0 Å². The summed E-state index contributed by atoms with van der Waals surface area (Å²) < 4.78 is 0.967. The second-order valence-corrected chi connectivity index (χ2v) is 4.04. The monoisotopic (exact) mass is 240 g/mol. The third kappa shape index (κ3) is 3.70. The minimum absolute atomic E-state index is 0.786. The molecule has 0 aliphatic heterocycles. The van der Waals surface area contributed by atoms with Gasteiger partial charge in [0.15, 0.2) is 0 Å².